The molecule has 1 aliphatic heterocycles. The average Bonchev–Trinajstić information content (AvgIpc) is 2.79. The topological polar surface area (TPSA) is 108 Å². The molecule has 0 aliphatic carbocycles. The van der Waals surface area contributed by atoms with Crippen LogP contribution in [0.2, 0.25) is 5.02 Å². The van der Waals surface area contributed by atoms with Crippen LogP contribution in [-0.2, 0) is 35.0 Å². The number of aliphatic hydroxyl groups excluding tert-OH is 1. The highest BCUT2D eigenvalue weighted by Crippen LogP contribution is 2.36. The van der Waals surface area contributed by atoms with Crippen molar-refractivity contribution in [2.45, 2.75) is 51.6 Å². The second kappa shape index (κ2) is 11.5. The number of hydrogen-bond donors (Lipinski definition) is 1. The highest BCUT2D eigenvalue weighted by Gasteiger charge is 2.49. The van der Waals surface area contributed by atoms with Crippen molar-refractivity contribution in [3.05, 3.63) is 64.2 Å². The van der Waals surface area contributed by atoms with Crippen LogP contribution < -0.4 is 4.74 Å². The number of aliphatic hydroxyl groups is 1. The highest BCUT2D eigenvalue weighted by molar-refractivity contribution is 6.31. The molecule has 182 valence electrons. The van der Waals surface area contributed by atoms with Crippen molar-refractivity contribution < 1.29 is 38.4 Å². The van der Waals surface area contributed by atoms with Gasteiger partial charge in [0.2, 0.25) is 11.9 Å². The lowest BCUT2D eigenvalue weighted by Gasteiger charge is -2.39. The Morgan fingerprint density at radius 3 is 2.32 bits per heavy atom. The molecule has 0 aromatic heterocycles. The maximum atomic E-state index is 12.7. The Morgan fingerprint density at radius 2 is 1.74 bits per heavy atom. The fourth-order valence-electron chi connectivity index (χ4n) is 3.84. The smallest absolute Gasteiger partial charge is 0.303 e. The van der Waals surface area contributed by atoms with Gasteiger partial charge in [-0.3, -0.25) is 14.4 Å². The van der Waals surface area contributed by atoms with Crippen LogP contribution in [0, 0.1) is 0 Å². The Hall–Kier alpha value is -2.94. The van der Waals surface area contributed by atoms with Crippen LogP contribution in [0.3, 0.4) is 0 Å². The molecule has 1 fully saturated rings. The van der Waals surface area contributed by atoms with Gasteiger partial charge in [-0.2, -0.15) is 0 Å². The van der Waals surface area contributed by atoms with E-state index in [1.54, 1.807) is 18.2 Å². The normalized spacial score (nSPS) is 22.2. The van der Waals surface area contributed by atoms with Crippen molar-refractivity contribution in [3.8, 4) is 5.75 Å². The SMILES string of the molecule is CCOc1ccc(Cc2cc([C@@H]3O[C@H](CO)C(=O)[C@H](OC(C)=O)C3OC(C)=O)ccc2Cl)cc1. The molecular formula is C25H27ClO8. The maximum absolute atomic E-state index is 12.7. The molecule has 0 radical (unpaired) electrons. The zero-order valence-corrected chi connectivity index (χ0v) is 19.9. The Bertz CT molecular complexity index is 1040. The first-order valence-corrected chi connectivity index (χ1v) is 11.3. The number of carbonyl (C=O) groups is 3. The molecule has 8 nitrogen and oxygen atoms in total. The number of ether oxygens (including phenoxy) is 4. The van der Waals surface area contributed by atoms with Crippen LogP contribution >= 0.6 is 11.6 Å². The second-order valence-corrected chi connectivity index (χ2v) is 8.25. The molecule has 2 aromatic carbocycles. The quantitative estimate of drug-likeness (QED) is 0.562. The van der Waals surface area contributed by atoms with E-state index in [0.29, 0.717) is 23.6 Å². The lowest BCUT2D eigenvalue weighted by atomic mass is 9.90. The predicted octanol–water partition coefficient (Wildman–Crippen LogP) is 3.19. The van der Waals surface area contributed by atoms with Crippen molar-refractivity contribution in [1.29, 1.82) is 0 Å². The van der Waals surface area contributed by atoms with Gasteiger partial charge < -0.3 is 24.1 Å². The second-order valence-electron chi connectivity index (χ2n) is 7.84. The van der Waals surface area contributed by atoms with Crippen LogP contribution in [0.5, 0.6) is 5.75 Å². The van der Waals surface area contributed by atoms with Crippen molar-refractivity contribution >= 4 is 29.3 Å². The molecule has 9 heteroatoms. The molecule has 0 bridgehead atoms. The molecule has 1 unspecified atom stereocenters. The summed E-state index contributed by atoms with van der Waals surface area (Å²) < 4.78 is 21.9. The number of ketones is 1. The van der Waals surface area contributed by atoms with Crippen molar-refractivity contribution in [3.63, 3.8) is 0 Å². The molecule has 4 atom stereocenters. The molecule has 0 saturated carbocycles. The third kappa shape index (κ3) is 6.14. The zero-order valence-electron chi connectivity index (χ0n) is 19.2. The molecule has 0 amide bonds. The summed E-state index contributed by atoms with van der Waals surface area (Å²) in [5.41, 5.74) is 2.32. The number of carbonyl (C=O) groups excluding carboxylic acids is 3. The number of rotatable bonds is 8. The van der Waals surface area contributed by atoms with Crippen LogP contribution in [0.25, 0.3) is 0 Å². The van der Waals surface area contributed by atoms with Gasteiger partial charge in [0.05, 0.1) is 13.2 Å². The van der Waals surface area contributed by atoms with Crippen LogP contribution in [-0.4, -0.2) is 54.4 Å². The van der Waals surface area contributed by atoms with Crippen LogP contribution in [0.15, 0.2) is 42.5 Å². The van der Waals surface area contributed by atoms with E-state index in [9.17, 15) is 19.5 Å². The van der Waals surface area contributed by atoms with Crippen molar-refractivity contribution in [2.75, 3.05) is 13.2 Å². The van der Waals surface area contributed by atoms with Crippen LogP contribution in [0.1, 0.15) is 43.6 Å². The summed E-state index contributed by atoms with van der Waals surface area (Å²) in [6.07, 6.45) is -4.36. The Labute approximate surface area is 202 Å². The summed E-state index contributed by atoms with van der Waals surface area (Å²) in [7, 11) is 0. The van der Waals surface area contributed by atoms with Gasteiger partial charge in [0.1, 0.15) is 18.0 Å². The minimum Gasteiger partial charge on any atom is -0.494 e. The predicted molar refractivity (Wildman–Crippen MR) is 123 cm³/mol. The standard InChI is InChI=1S/C25H27ClO8/c1-4-31-19-8-5-16(6-9-19)11-18-12-17(7-10-20(18)26)23-25(33-15(3)29)24(32-14(2)28)22(30)21(13-27)34-23/h5-10,12,21,23-25,27H,4,11,13H2,1-3H3/t21-,23+,24+,25?/m1/s1. The lowest BCUT2D eigenvalue weighted by molar-refractivity contribution is -0.209. The van der Waals surface area contributed by atoms with Gasteiger partial charge in [0, 0.05) is 18.9 Å². The monoisotopic (exact) mass is 490 g/mol. The molecule has 1 N–H and O–H groups in total. The van der Waals surface area contributed by atoms with E-state index in [2.05, 4.69) is 0 Å². The fourth-order valence-corrected chi connectivity index (χ4v) is 4.03. The minimum atomic E-state index is -1.41. The van der Waals surface area contributed by atoms with E-state index >= 15 is 0 Å². The molecule has 1 heterocycles. The summed E-state index contributed by atoms with van der Waals surface area (Å²) >= 11 is 6.45. The van der Waals surface area contributed by atoms with Gasteiger partial charge >= 0.3 is 11.9 Å². The summed E-state index contributed by atoms with van der Waals surface area (Å²) in [5.74, 6) is -1.30. The van der Waals surface area contributed by atoms with E-state index in [1.807, 2.05) is 31.2 Å². The first-order valence-electron chi connectivity index (χ1n) is 10.9. The van der Waals surface area contributed by atoms with Gasteiger partial charge in [-0.25, -0.2) is 0 Å². The largest absolute Gasteiger partial charge is 0.494 e. The van der Waals surface area contributed by atoms with Gasteiger partial charge in [-0.1, -0.05) is 35.9 Å². The minimum absolute atomic E-state index is 0.500. The van der Waals surface area contributed by atoms with E-state index in [4.69, 9.17) is 30.5 Å². The average molecular weight is 491 g/mol. The Balaban J connectivity index is 1.95. The van der Waals surface area contributed by atoms with Gasteiger partial charge in [-0.15, -0.1) is 0 Å². The maximum Gasteiger partial charge on any atom is 0.303 e. The number of hydrogen-bond acceptors (Lipinski definition) is 8. The van der Waals surface area contributed by atoms with E-state index < -0.39 is 48.7 Å². The molecular weight excluding hydrogens is 464 g/mol. The Morgan fingerprint density at radius 1 is 1.06 bits per heavy atom. The number of benzene rings is 2. The van der Waals surface area contributed by atoms with Crippen LogP contribution in [0.4, 0.5) is 0 Å². The number of halogens is 1. The molecule has 1 aliphatic rings. The van der Waals surface area contributed by atoms with E-state index in [-0.39, 0.29) is 0 Å². The molecule has 0 spiro atoms. The first-order chi connectivity index (χ1) is 16.2. The molecule has 34 heavy (non-hydrogen) atoms. The molecule has 3 rings (SSSR count). The van der Waals surface area contributed by atoms with Gasteiger partial charge in [0.15, 0.2) is 6.10 Å². The van der Waals surface area contributed by atoms with E-state index in [1.165, 1.54) is 6.92 Å². The summed E-state index contributed by atoms with van der Waals surface area (Å²) in [5, 5.41) is 10.2. The third-order valence-corrected chi connectivity index (χ3v) is 5.66. The third-order valence-electron chi connectivity index (χ3n) is 5.29. The summed E-state index contributed by atoms with van der Waals surface area (Å²) in [6.45, 7) is 4.20. The Kier molecular flexibility index (Phi) is 8.66. The lowest BCUT2D eigenvalue weighted by Crippen LogP contribution is -2.55. The van der Waals surface area contributed by atoms with E-state index in [0.717, 1.165) is 23.8 Å². The van der Waals surface area contributed by atoms with Crippen molar-refractivity contribution in [1.82, 2.24) is 0 Å². The van der Waals surface area contributed by atoms with Gasteiger partial charge in [-0.05, 0) is 48.2 Å². The van der Waals surface area contributed by atoms with Crippen molar-refractivity contribution in [2.24, 2.45) is 0 Å². The molecule has 2 aromatic rings. The highest BCUT2D eigenvalue weighted by atomic mass is 35.5. The zero-order chi connectivity index (χ0) is 24.8. The summed E-state index contributed by atoms with van der Waals surface area (Å²) in [4.78, 5) is 36.2. The number of Topliss-reactive ketones (excluding diaryl/α,β-unsaturated/α-hetero) is 1. The summed E-state index contributed by atoms with van der Waals surface area (Å²) in [6, 6.07) is 12.8. The fraction of sp³-hybridized carbons (Fsp3) is 0.400. The number of esters is 2. The first kappa shape index (κ1) is 25.7. The molecule has 1 saturated heterocycles. The van der Waals surface area contributed by atoms with Gasteiger partial charge in [0.25, 0.3) is 0 Å².